The monoisotopic (exact) mass is 282 g/mol. The van der Waals surface area contributed by atoms with Crippen molar-refractivity contribution in [2.45, 2.75) is 25.8 Å². The van der Waals surface area contributed by atoms with Gasteiger partial charge in [0.2, 0.25) is 5.91 Å². The molecule has 1 unspecified atom stereocenters. The van der Waals surface area contributed by atoms with E-state index in [1.165, 1.54) is 5.56 Å². The molecule has 1 atom stereocenters. The molecule has 0 fully saturated rings. The van der Waals surface area contributed by atoms with E-state index in [-0.39, 0.29) is 11.9 Å². The van der Waals surface area contributed by atoms with Gasteiger partial charge in [0, 0.05) is 12.6 Å². The van der Waals surface area contributed by atoms with Crippen molar-refractivity contribution in [3.8, 4) is 11.1 Å². The first-order valence-electron chi connectivity index (χ1n) is 7.32. The molecule has 1 amide bonds. The van der Waals surface area contributed by atoms with E-state index in [9.17, 15) is 4.79 Å². The molecule has 0 aliphatic heterocycles. The zero-order valence-electron chi connectivity index (χ0n) is 12.4. The molecular weight excluding hydrogens is 260 g/mol. The highest BCUT2D eigenvalue weighted by molar-refractivity contribution is 5.78. The topological polar surface area (TPSA) is 55.1 Å². The first-order chi connectivity index (χ1) is 10.1. The van der Waals surface area contributed by atoms with Gasteiger partial charge in [0.15, 0.2) is 0 Å². The zero-order chi connectivity index (χ0) is 15.1. The maximum absolute atomic E-state index is 11.8. The van der Waals surface area contributed by atoms with Gasteiger partial charge in [-0.3, -0.25) is 4.79 Å². The van der Waals surface area contributed by atoms with E-state index in [1.54, 1.807) is 0 Å². The summed E-state index contributed by atoms with van der Waals surface area (Å²) in [5, 5.41) is 2.89. The summed E-state index contributed by atoms with van der Waals surface area (Å²) in [6.45, 7) is 2.58. The molecule has 0 heterocycles. The predicted molar refractivity (Wildman–Crippen MR) is 86.9 cm³/mol. The Morgan fingerprint density at radius 1 is 1.05 bits per heavy atom. The maximum Gasteiger partial charge on any atom is 0.224 e. The third-order valence-electron chi connectivity index (χ3n) is 3.35. The molecule has 0 saturated carbocycles. The number of rotatable bonds is 6. The Labute approximate surface area is 126 Å². The van der Waals surface area contributed by atoms with Crippen LogP contribution in [0, 0.1) is 0 Å². The average molecular weight is 282 g/mol. The second-order valence-electron chi connectivity index (χ2n) is 5.36. The number of hydrogen-bond acceptors (Lipinski definition) is 2. The number of benzene rings is 2. The van der Waals surface area contributed by atoms with Crippen LogP contribution >= 0.6 is 0 Å². The molecule has 0 saturated heterocycles. The highest BCUT2D eigenvalue weighted by Gasteiger charge is 2.04. The van der Waals surface area contributed by atoms with Gasteiger partial charge >= 0.3 is 0 Å². The van der Waals surface area contributed by atoms with Gasteiger partial charge in [-0.25, -0.2) is 0 Å². The van der Waals surface area contributed by atoms with Crippen molar-refractivity contribution in [1.82, 2.24) is 5.32 Å². The first kappa shape index (κ1) is 15.3. The molecule has 110 valence electrons. The number of carbonyl (C=O) groups excluding carboxylic acids is 1. The molecule has 0 spiro atoms. The minimum absolute atomic E-state index is 0.0445. The predicted octanol–water partition coefficient (Wildman–Crippen LogP) is 2.75. The van der Waals surface area contributed by atoms with Crippen molar-refractivity contribution in [3.05, 3.63) is 60.2 Å². The smallest absolute Gasteiger partial charge is 0.224 e. The van der Waals surface area contributed by atoms with E-state index in [0.29, 0.717) is 13.0 Å². The summed E-state index contributed by atoms with van der Waals surface area (Å²) in [6.07, 6.45) is 1.21. The molecule has 2 aromatic rings. The summed E-state index contributed by atoms with van der Waals surface area (Å²) in [4.78, 5) is 11.8. The summed E-state index contributed by atoms with van der Waals surface area (Å²) in [5.74, 6) is 0.0445. The average Bonchev–Trinajstić information content (AvgIpc) is 2.48. The molecule has 0 radical (unpaired) electrons. The summed E-state index contributed by atoms with van der Waals surface area (Å²) < 4.78 is 0. The maximum atomic E-state index is 11.8. The van der Waals surface area contributed by atoms with Gasteiger partial charge in [-0.2, -0.15) is 0 Å². The van der Waals surface area contributed by atoms with Gasteiger partial charge in [0.1, 0.15) is 0 Å². The Balaban J connectivity index is 1.89. The van der Waals surface area contributed by atoms with Crippen LogP contribution in [0.15, 0.2) is 54.6 Å². The summed E-state index contributed by atoms with van der Waals surface area (Å²) in [6, 6.07) is 18.5. The van der Waals surface area contributed by atoms with Gasteiger partial charge < -0.3 is 11.1 Å². The molecule has 3 heteroatoms. The normalized spacial score (nSPS) is 11.9. The molecule has 0 aromatic heterocycles. The van der Waals surface area contributed by atoms with Crippen molar-refractivity contribution in [1.29, 1.82) is 0 Å². The number of nitrogens with two attached hydrogens (primary N) is 1. The highest BCUT2D eigenvalue weighted by atomic mass is 16.1. The van der Waals surface area contributed by atoms with E-state index < -0.39 is 0 Å². The van der Waals surface area contributed by atoms with E-state index >= 15 is 0 Å². The van der Waals surface area contributed by atoms with Crippen LogP contribution in [0.2, 0.25) is 0 Å². The molecule has 2 rings (SSSR count). The fourth-order valence-corrected chi connectivity index (χ4v) is 2.13. The van der Waals surface area contributed by atoms with Gasteiger partial charge in [0.05, 0.1) is 6.42 Å². The Bertz CT molecular complexity index is 562. The quantitative estimate of drug-likeness (QED) is 0.856. The third-order valence-corrected chi connectivity index (χ3v) is 3.35. The van der Waals surface area contributed by atoms with Gasteiger partial charge in [-0.15, -0.1) is 0 Å². The Morgan fingerprint density at radius 2 is 1.67 bits per heavy atom. The molecular formula is C18H22N2O. The lowest BCUT2D eigenvalue weighted by Gasteiger charge is -2.08. The minimum Gasteiger partial charge on any atom is -0.356 e. The third kappa shape index (κ3) is 5.04. The van der Waals surface area contributed by atoms with E-state index in [1.807, 2.05) is 37.3 Å². The van der Waals surface area contributed by atoms with Crippen LogP contribution < -0.4 is 11.1 Å². The zero-order valence-corrected chi connectivity index (χ0v) is 12.4. The Hall–Kier alpha value is -2.13. The van der Waals surface area contributed by atoms with Crippen molar-refractivity contribution >= 4 is 5.91 Å². The van der Waals surface area contributed by atoms with Crippen LogP contribution in [-0.4, -0.2) is 18.5 Å². The van der Waals surface area contributed by atoms with Crippen LogP contribution in [0.5, 0.6) is 0 Å². The largest absolute Gasteiger partial charge is 0.356 e. The SMILES string of the molecule is CC(N)CCNC(=O)Cc1ccc(-c2ccccc2)cc1. The van der Waals surface area contributed by atoms with Gasteiger partial charge in [-0.05, 0) is 30.0 Å². The van der Waals surface area contributed by atoms with E-state index in [2.05, 4.69) is 29.6 Å². The molecule has 2 aromatic carbocycles. The number of carbonyl (C=O) groups is 1. The highest BCUT2D eigenvalue weighted by Crippen LogP contribution is 2.19. The lowest BCUT2D eigenvalue weighted by molar-refractivity contribution is -0.120. The standard InChI is InChI=1S/C18H22N2O/c1-14(19)11-12-20-18(21)13-15-7-9-17(10-8-15)16-5-3-2-4-6-16/h2-10,14H,11-13,19H2,1H3,(H,20,21). The fourth-order valence-electron chi connectivity index (χ4n) is 2.13. The molecule has 0 bridgehead atoms. The summed E-state index contributed by atoms with van der Waals surface area (Å²) >= 11 is 0. The number of nitrogens with one attached hydrogen (secondary N) is 1. The van der Waals surface area contributed by atoms with Crippen molar-refractivity contribution in [2.24, 2.45) is 5.73 Å². The number of hydrogen-bond donors (Lipinski definition) is 2. The van der Waals surface area contributed by atoms with Crippen molar-refractivity contribution in [2.75, 3.05) is 6.54 Å². The molecule has 3 N–H and O–H groups in total. The van der Waals surface area contributed by atoms with Crippen LogP contribution in [-0.2, 0) is 11.2 Å². The van der Waals surface area contributed by atoms with Gasteiger partial charge in [0.25, 0.3) is 0 Å². The van der Waals surface area contributed by atoms with Crippen LogP contribution in [0.3, 0.4) is 0 Å². The second kappa shape index (κ2) is 7.60. The lowest BCUT2D eigenvalue weighted by Crippen LogP contribution is -2.29. The van der Waals surface area contributed by atoms with Crippen molar-refractivity contribution < 1.29 is 4.79 Å². The molecule has 21 heavy (non-hydrogen) atoms. The Morgan fingerprint density at radius 3 is 2.29 bits per heavy atom. The second-order valence-corrected chi connectivity index (χ2v) is 5.36. The number of amides is 1. The van der Waals surface area contributed by atoms with E-state index in [0.717, 1.165) is 17.5 Å². The summed E-state index contributed by atoms with van der Waals surface area (Å²) in [5.41, 5.74) is 9.02. The van der Waals surface area contributed by atoms with Crippen molar-refractivity contribution in [3.63, 3.8) is 0 Å². The first-order valence-corrected chi connectivity index (χ1v) is 7.32. The Kier molecular flexibility index (Phi) is 5.52. The lowest BCUT2D eigenvalue weighted by atomic mass is 10.0. The van der Waals surface area contributed by atoms with Gasteiger partial charge in [-0.1, -0.05) is 54.6 Å². The molecule has 0 aliphatic rings. The van der Waals surface area contributed by atoms with Crippen LogP contribution in [0.1, 0.15) is 18.9 Å². The fraction of sp³-hybridized carbons (Fsp3) is 0.278. The summed E-state index contributed by atoms with van der Waals surface area (Å²) in [7, 11) is 0. The van der Waals surface area contributed by atoms with Crippen LogP contribution in [0.4, 0.5) is 0 Å². The van der Waals surface area contributed by atoms with Crippen LogP contribution in [0.25, 0.3) is 11.1 Å². The minimum atomic E-state index is 0.0445. The molecule has 0 aliphatic carbocycles. The molecule has 3 nitrogen and oxygen atoms in total. The van der Waals surface area contributed by atoms with E-state index in [4.69, 9.17) is 5.73 Å².